The molecule has 0 aliphatic carbocycles. The third kappa shape index (κ3) is 4.74. The number of esters is 1. The lowest BCUT2D eigenvalue weighted by molar-refractivity contribution is 0.0561. The molecule has 0 aliphatic rings. The van der Waals surface area contributed by atoms with Gasteiger partial charge in [0, 0.05) is 5.56 Å². The third-order valence-electron chi connectivity index (χ3n) is 3.01. The Bertz CT molecular complexity index is 784. The first-order valence-corrected chi connectivity index (χ1v) is 7.10. The number of carbonyl (C=O) groups is 2. The SMILES string of the molecule is COC(=O)c1ccc(COc2c(C=NNC(N)=O)cccc2OC)o1. The van der Waals surface area contributed by atoms with Crippen molar-refractivity contribution in [3.63, 3.8) is 0 Å². The molecule has 0 aliphatic heterocycles. The summed E-state index contributed by atoms with van der Waals surface area (Å²) in [7, 11) is 2.76. The van der Waals surface area contributed by atoms with Crippen molar-refractivity contribution in [2.45, 2.75) is 6.61 Å². The summed E-state index contributed by atoms with van der Waals surface area (Å²) in [5, 5.41) is 3.70. The van der Waals surface area contributed by atoms with Gasteiger partial charge in [0.05, 0.1) is 20.4 Å². The fraction of sp³-hybridized carbons (Fsp3) is 0.188. The normalized spacial score (nSPS) is 10.5. The number of amides is 2. The summed E-state index contributed by atoms with van der Waals surface area (Å²) < 4.78 is 20.9. The van der Waals surface area contributed by atoms with Crippen molar-refractivity contribution in [3.8, 4) is 11.5 Å². The number of primary amides is 1. The standard InChI is InChI=1S/C16H17N3O6/c1-22-12-5-3-4-10(8-18-19-16(17)21)14(12)24-9-11-6-7-13(25-11)15(20)23-2/h3-8H,9H2,1-2H3,(H3,17,19,21). The Balaban J connectivity index is 2.16. The monoisotopic (exact) mass is 347 g/mol. The van der Waals surface area contributed by atoms with Gasteiger partial charge in [-0.1, -0.05) is 6.07 Å². The van der Waals surface area contributed by atoms with E-state index in [1.165, 1.54) is 26.5 Å². The summed E-state index contributed by atoms with van der Waals surface area (Å²) in [6.07, 6.45) is 1.37. The van der Waals surface area contributed by atoms with Gasteiger partial charge in [-0.25, -0.2) is 15.0 Å². The molecule has 9 heteroatoms. The average Bonchev–Trinajstić information content (AvgIpc) is 3.08. The van der Waals surface area contributed by atoms with Crippen LogP contribution in [0.4, 0.5) is 4.79 Å². The van der Waals surface area contributed by atoms with Gasteiger partial charge in [0.25, 0.3) is 0 Å². The molecule has 132 valence electrons. The maximum absolute atomic E-state index is 11.4. The molecule has 9 nitrogen and oxygen atoms in total. The second-order valence-electron chi connectivity index (χ2n) is 4.66. The van der Waals surface area contributed by atoms with Crippen LogP contribution >= 0.6 is 0 Å². The molecule has 2 aromatic rings. The lowest BCUT2D eigenvalue weighted by Gasteiger charge is -2.12. The lowest BCUT2D eigenvalue weighted by atomic mass is 10.2. The second kappa shape index (κ2) is 8.39. The van der Waals surface area contributed by atoms with Gasteiger partial charge in [0.1, 0.15) is 12.4 Å². The molecular formula is C16H17N3O6. The van der Waals surface area contributed by atoms with E-state index in [1.807, 2.05) is 0 Å². The van der Waals surface area contributed by atoms with Gasteiger partial charge in [-0.05, 0) is 24.3 Å². The Kier molecular flexibility index (Phi) is 5.99. The second-order valence-corrected chi connectivity index (χ2v) is 4.66. The molecule has 0 saturated carbocycles. The highest BCUT2D eigenvalue weighted by molar-refractivity contribution is 5.86. The molecule has 2 rings (SSSR count). The first-order valence-electron chi connectivity index (χ1n) is 7.10. The van der Waals surface area contributed by atoms with Gasteiger partial charge >= 0.3 is 12.0 Å². The van der Waals surface area contributed by atoms with Crippen LogP contribution in [0, 0.1) is 0 Å². The number of rotatable bonds is 7. The first kappa shape index (κ1) is 17.9. The Morgan fingerprint density at radius 1 is 1.28 bits per heavy atom. The van der Waals surface area contributed by atoms with E-state index < -0.39 is 12.0 Å². The zero-order chi connectivity index (χ0) is 18.2. The van der Waals surface area contributed by atoms with Crippen LogP contribution in [0.15, 0.2) is 39.9 Å². The Labute approximate surface area is 143 Å². The van der Waals surface area contributed by atoms with Crippen molar-refractivity contribution in [3.05, 3.63) is 47.4 Å². The maximum Gasteiger partial charge on any atom is 0.373 e. The molecule has 0 radical (unpaired) electrons. The van der Waals surface area contributed by atoms with E-state index in [0.29, 0.717) is 22.8 Å². The Morgan fingerprint density at radius 2 is 2.08 bits per heavy atom. The number of urea groups is 1. The largest absolute Gasteiger partial charge is 0.493 e. The van der Waals surface area contributed by atoms with Crippen LogP contribution in [0.1, 0.15) is 21.9 Å². The minimum Gasteiger partial charge on any atom is -0.493 e. The van der Waals surface area contributed by atoms with Crippen LogP contribution in [0.2, 0.25) is 0 Å². The molecule has 0 bridgehead atoms. The summed E-state index contributed by atoms with van der Waals surface area (Å²) in [6.45, 7) is 0.0431. The predicted octanol–water partition coefficient (Wildman–Crippen LogP) is 1.66. The highest BCUT2D eigenvalue weighted by atomic mass is 16.5. The van der Waals surface area contributed by atoms with E-state index in [-0.39, 0.29) is 12.4 Å². The number of methoxy groups -OCH3 is 2. The molecule has 2 amide bonds. The van der Waals surface area contributed by atoms with Crippen molar-refractivity contribution in [1.82, 2.24) is 5.43 Å². The summed E-state index contributed by atoms with van der Waals surface area (Å²) >= 11 is 0. The number of benzene rings is 1. The number of nitrogens with one attached hydrogen (secondary N) is 1. The van der Waals surface area contributed by atoms with Crippen molar-refractivity contribution in [2.75, 3.05) is 14.2 Å². The van der Waals surface area contributed by atoms with E-state index in [0.717, 1.165) is 0 Å². The van der Waals surface area contributed by atoms with E-state index in [4.69, 9.17) is 19.6 Å². The van der Waals surface area contributed by atoms with E-state index in [9.17, 15) is 9.59 Å². The van der Waals surface area contributed by atoms with Gasteiger partial charge in [-0.3, -0.25) is 0 Å². The van der Waals surface area contributed by atoms with E-state index in [1.54, 1.807) is 24.3 Å². The number of nitrogens with zero attached hydrogens (tertiary/aromatic N) is 1. The summed E-state index contributed by atoms with van der Waals surface area (Å²) in [4.78, 5) is 22.1. The zero-order valence-corrected chi connectivity index (χ0v) is 13.6. The minimum atomic E-state index is -0.785. The number of hydrogen-bond acceptors (Lipinski definition) is 7. The topological polar surface area (TPSA) is 125 Å². The minimum absolute atomic E-state index is 0.0431. The van der Waals surface area contributed by atoms with Crippen molar-refractivity contribution < 1.29 is 28.2 Å². The van der Waals surface area contributed by atoms with Gasteiger partial charge in [-0.2, -0.15) is 5.10 Å². The van der Waals surface area contributed by atoms with Crippen LogP contribution in [0.25, 0.3) is 0 Å². The lowest BCUT2D eigenvalue weighted by Crippen LogP contribution is -2.24. The van der Waals surface area contributed by atoms with Crippen LogP contribution < -0.4 is 20.6 Å². The summed E-state index contributed by atoms with van der Waals surface area (Å²) in [5.74, 6) is 0.769. The Hall–Kier alpha value is -3.49. The molecule has 1 aromatic carbocycles. The molecule has 3 N–H and O–H groups in total. The average molecular weight is 347 g/mol. The molecule has 1 heterocycles. The number of nitrogens with two attached hydrogens (primary N) is 1. The smallest absolute Gasteiger partial charge is 0.373 e. The molecule has 0 atom stereocenters. The van der Waals surface area contributed by atoms with Crippen LogP contribution in [-0.2, 0) is 11.3 Å². The fourth-order valence-electron chi connectivity index (χ4n) is 1.92. The van der Waals surface area contributed by atoms with Gasteiger partial charge in [0.15, 0.2) is 11.5 Å². The molecule has 1 aromatic heterocycles. The van der Waals surface area contributed by atoms with Gasteiger partial charge in [0.2, 0.25) is 5.76 Å². The number of hydrazone groups is 1. The fourth-order valence-corrected chi connectivity index (χ4v) is 1.92. The highest BCUT2D eigenvalue weighted by Gasteiger charge is 2.14. The number of carbonyl (C=O) groups excluding carboxylic acids is 2. The molecule has 0 spiro atoms. The number of hydrogen-bond donors (Lipinski definition) is 2. The maximum atomic E-state index is 11.4. The predicted molar refractivity (Wildman–Crippen MR) is 87.7 cm³/mol. The molecule has 25 heavy (non-hydrogen) atoms. The quantitative estimate of drug-likeness (QED) is 0.446. The van der Waals surface area contributed by atoms with Crippen molar-refractivity contribution >= 4 is 18.2 Å². The molecule has 0 unspecified atom stereocenters. The van der Waals surface area contributed by atoms with Crippen molar-refractivity contribution in [1.29, 1.82) is 0 Å². The van der Waals surface area contributed by atoms with Crippen molar-refractivity contribution in [2.24, 2.45) is 10.8 Å². The number of furan rings is 1. The van der Waals surface area contributed by atoms with Crippen LogP contribution in [-0.4, -0.2) is 32.4 Å². The highest BCUT2D eigenvalue weighted by Crippen LogP contribution is 2.31. The molecular weight excluding hydrogens is 330 g/mol. The Morgan fingerprint density at radius 3 is 2.76 bits per heavy atom. The third-order valence-corrected chi connectivity index (χ3v) is 3.01. The first-order chi connectivity index (χ1) is 12.0. The zero-order valence-electron chi connectivity index (χ0n) is 13.6. The summed E-state index contributed by atoms with van der Waals surface area (Å²) in [5.41, 5.74) is 7.60. The van der Waals surface area contributed by atoms with Gasteiger partial charge in [-0.15, -0.1) is 0 Å². The van der Waals surface area contributed by atoms with E-state index >= 15 is 0 Å². The summed E-state index contributed by atoms with van der Waals surface area (Å²) in [6, 6.07) is 7.46. The number of para-hydroxylation sites is 1. The number of ether oxygens (including phenoxy) is 3. The molecule has 0 saturated heterocycles. The van der Waals surface area contributed by atoms with E-state index in [2.05, 4.69) is 15.3 Å². The molecule has 0 fully saturated rings. The van der Waals surface area contributed by atoms with Crippen LogP contribution in [0.5, 0.6) is 11.5 Å². The van der Waals surface area contributed by atoms with Crippen LogP contribution in [0.3, 0.4) is 0 Å². The van der Waals surface area contributed by atoms with Gasteiger partial charge < -0.3 is 24.4 Å².